The molecule has 6 aliphatic carbocycles. The van der Waals surface area contributed by atoms with Crippen molar-refractivity contribution in [3.05, 3.63) is 12.2 Å². The Balaban J connectivity index is 0.998. The van der Waals surface area contributed by atoms with Gasteiger partial charge in [0.1, 0.15) is 6.10 Å². The van der Waals surface area contributed by atoms with Crippen molar-refractivity contribution in [1.82, 2.24) is 9.80 Å². The molecular formula is C50H80N2O7. The zero-order chi connectivity index (χ0) is 42.5. The number of aliphatic carboxylic acids is 1. The molecule has 8 fully saturated rings. The lowest BCUT2D eigenvalue weighted by Crippen LogP contribution is -2.67. The summed E-state index contributed by atoms with van der Waals surface area (Å²) < 4.78 is 17.8. The predicted molar refractivity (Wildman–Crippen MR) is 229 cm³/mol. The Hall–Kier alpha value is -1.97. The van der Waals surface area contributed by atoms with E-state index in [1.165, 1.54) is 24.8 Å². The van der Waals surface area contributed by atoms with E-state index in [0.29, 0.717) is 55.1 Å². The summed E-state index contributed by atoms with van der Waals surface area (Å²) in [6.45, 7) is 28.5. The molecule has 6 saturated carbocycles. The average molecular weight is 821 g/mol. The molecule has 14 atom stereocenters. The number of hydrogen-bond acceptors (Lipinski definition) is 7. The predicted octanol–water partition coefficient (Wildman–Crippen LogP) is 9.03. The van der Waals surface area contributed by atoms with Crippen molar-refractivity contribution in [3.8, 4) is 0 Å². The smallest absolute Gasteiger partial charge is 0.309 e. The van der Waals surface area contributed by atoms with Gasteiger partial charge < -0.3 is 24.2 Å². The van der Waals surface area contributed by atoms with E-state index in [0.717, 1.165) is 90.4 Å². The third kappa shape index (κ3) is 6.63. The monoisotopic (exact) mass is 821 g/mol. The fraction of sp³-hybridized carbons (Fsp3) is 0.900. The summed E-state index contributed by atoms with van der Waals surface area (Å²) in [4.78, 5) is 45.9. The molecule has 9 nitrogen and oxygen atoms in total. The lowest BCUT2D eigenvalue weighted by atomic mass is 9.32. The number of carbonyl (C=O) groups is 3. The van der Waals surface area contributed by atoms with E-state index in [2.05, 4.69) is 57.9 Å². The number of amides is 1. The van der Waals surface area contributed by atoms with Crippen molar-refractivity contribution in [1.29, 1.82) is 0 Å². The topological polar surface area (TPSA) is 106 Å². The van der Waals surface area contributed by atoms with E-state index in [1.807, 2.05) is 13.8 Å². The maximum atomic E-state index is 15.5. The third-order valence-electron chi connectivity index (χ3n) is 20.5. The minimum absolute atomic E-state index is 0.136. The molecule has 1 N–H and O–H groups in total. The minimum Gasteiger partial charge on any atom is -0.481 e. The number of allylic oxidation sites excluding steroid dienone is 1. The molecular weight excluding hydrogens is 741 g/mol. The van der Waals surface area contributed by atoms with E-state index in [-0.39, 0.29) is 57.2 Å². The van der Waals surface area contributed by atoms with Gasteiger partial charge in [-0.15, -0.1) is 0 Å². The van der Waals surface area contributed by atoms with Gasteiger partial charge in [-0.1, -0.05) is 60.6 Å². The first kappa shape index (κ1) is 43.7. The highest BCUT2D eigenvalue weighted by Crippen LogP contribution is 2.78. The maximum Gasteiger partial charge on any atom is 0.309 e. The van der Waals surface area contributed by atoms with Crippen LogP contribution in [0.4, 0.5) is 0 Å². The SMILES string of the molecule is C=C(C)[C@@H]1CC[C@]2(C(=O)N3CCC[C@H]3CN3CC[C@@H](OCCOC)C3)CC[C@]3(C)[C@H](CC[C@@H]4[C@@]5(C)CC[C@H](OC(=O)[C@H]6C[C@@H](C(=O)O)C6(C)C)C(C)(C)[C@@H]5CC[C@]43C)[C@@H]12. The van der Waals surface area contributed by atoms with Gasteiger partial charge in [0, 0.05) is 44.7 Å². The van der Waals surface area contributed by atoms with Crippen molar-refractivity contribution in [2.24, 2.45) is 73.9 Å². The lowest BCUT2D eigenvalue weighted by molar-refractivity contribution is -0.251. The number of esters is 1. The summed E-state index contributed by atoms with van der Waals surface area (Å²) in [6.07, 6.45) is 14.6. The van der Waals surface area contributed by atoms with E-state index < -0.39 is 17.3 Å². The van der Waals surface area contributed by atoms with Gasteiger partial charge in [-0.2, -0.15) is 0 Å². The van der Waals surface area contributed by atoms with Gasteiger partial charge in [0.2, 0.25) is 5.91 Å². The van der Waals surface area contributed by atoms with Crippen LogP contribution in [0.3, 0.4) is 0 Å². The highest BCUT2D eigenvalue weighted by molar-refractivity contribution is 5.85. The molecule has 2 saturated heterocycles. The highest BCUT2D eigenvalue weighted by Gasteiger charge is 2.72. The zero-order valence-electron chi connectivity index (χ0n) is 38.4. The Kier molecular flexibility index (Phi) is 11.4. The second-order valence-corrected chi connectivity index (χ2v) is 23.5. The second-order valence-electron chi connectivity index (χ2n) is 23.5. The van der Waals surface area contributed by atoms with Gasteiger partial charge in [-0.25, -0.2) is 0 Å². The summed E-state index contributed by atoms with van der Waals surface area (Å²) in [5, 5.41) is 9.70. The van der Waals surface area contributed by atoms with Gasteiger partial charge in [0.05, 0.1) is 36.6 Å². The van der Waals surface area contributed by atoms with Crippen molar-refractivity contribution in [2.45, 2.75) is 164 Å². The van der Waals surface area contributed by atoms with Gasteiger partial charge in [-0.3, -0.25) is 19.3 Å². The van der Waals surface area contributed by atoms with Crippen LogP contribution >= 0.6 is 0 Å². The summed E-state index contributed by atoms with van der Waals surface area (Å²) in [7, 11) is 1.72. The fourth-order valence-corrected chi connectivity index (χ4v) is 16.9. The summed E-state index contributed by atoms with van der Waals surface area (Å²) in [5.41, 5.74) is 0.663. The lowest BCUT2D eigenvalue weighted by Gasteiger charge is -2.73. The highest BCUT2D eigenvalue weighted by atomic mass is 16.5. The molecule has 9 heteroatoms. The summed E-state index contributed by atoms with van der Waals surface area (Å²) >= 11 is 0. The number of methoxy groups -OCH3 is 1. The molecule has 0 aromatic heterocycles. The number of ether oxygens (including phenoxy) is 3. The molecule has 0 radical (unpaired) electrons. The Bertz CT molecular complexity index is 1660. The molecule has 2 heterocycles. The molecule has 0 bridgehead atoms. The first-order valence-electron chi connectivity index (χ1n) is 24.0. The van der Waals surface area contributed by atoms with Gasteiger partial charge in [-0.05, 0) is 148 Å². The van der Waals surface area contributed by atoms with Crippen LogP contribution in [0.1, 0.15) is 145 Å². The average Bonchev–Trinajstić information content (AvgIpc) is 3.92. The van der Waals surface area contributed by atoms with E-state index in [4.69, 9.17) is 14.2 Å². The van der Waals surface area contributed by atoms with Crippen LogP contribution in [0.5, 0.6) is 0 Å². The normalized spacial score (nSPS) is 46.0. The molecule has 0 aromatic carbocycles. The fourth-order valence-electron chi connectivity index (χ4n) is 16.9. The molecule has 2 aliphatic heterocycles. The van der Waals surface area contributed by atoms with Crippen LogP contribution in [0, 0.1) is 73.9 Å². The first-order chi connectivity index (χ1) is 27.8. The van der Waals surface area contributed by atoms with E-state index in [1.54, 1.807) is 7.11 Å². The number of carbonyl (C=O) groups excluding carboxylic acids is 2. The summed E-state index contributed by atoms with van der Waals surface area (Å²) in [6, 6.07) is 0.288. The molecule has 332 valence electrons. The number of fused-ring (bicyclic) bond motifs is 7. The Morgan fingerprint density at radius 2 is 1.54 bits per heavy atom. The molecule has 1 amide bonds. The van der Waals surface area contributed by atoms with Crippen molar-refractivity contribution < 1.29 is 33.7 Å². The van der Waals surface area contributed by atoms with Crippen LogP contribution in [0.15, 0.2) is 12.2 Å². The molecule has 0 unspecified atom stereocenters. The van der Waals surface area contributed by atoms with Gasteiger partial charge in [0.25, 0.3) is 0 Å². The molecule has 0 aromatic rings. The standard InChI is InChI=1S/C50H80N2O7/c1-31(2)34-15-21-50(44(56)52-24-11-12-32(52)29-51-25-18-33(30-51)58-27-26-57-10)23-22-48(8)35(41(34)50)13-14-39-47(7)19-17-40(46(5,6)38(47)16-20-49(39,48)9)59-43(55)37-28-36(42(53)54)45(37,3)4/h32-41H,1,11-30H2,2-10H3,(H,53,54)/t32-,33+,34-,35+,36-,37+,38-,39+,40-,41+,47-,48+,49+,50-/m0/s1. The van der Waals surface area contributed by atoms with Crippen molar-refractivity contribution >= 4 is 17.8 Å². The number of carboxylic acid groups (broad SMARTS) is 1. The number of likely N-dealkylation sites (tertiary alicyclic amines) is 2. The van der Waals surface area contributed by atoms with Crippen LogP contribution in [0.2, 0.25) is 0 Å². The Morgan fingerprint density at radius 3 is 2.24 bits per heavy atom. The van der Waals surface area contributed by atoms with Crippen LogP contribution in [-0.2, 0) is 28.6 Å². The molecule has 8 aliphatic rings. The van der Waals surface area contributed by atoms with E-state index in [9.17, 15) is 14.7 Å². The quantitative estimate of drug-likeness (QED) is 0.125. The Labute approximate surface area is 356 Å². The van der Waals surface area contributed by atoms with Crippen molar-refractivity contribution in [2.75, 3.05) is 46.5 Å². The first-order valence-corrected chi connectivity index (χ1v) is 24.0. The van der Waals surface area contributed by atoms with Crippen LogP contribution in [0.25, 0.3) is 0 Å². The number of rotatable bonds is 11. The summed E-state index contributed by atoms with van der Waals surface area (Å²) in [5.74, 6) is 0.881. The van der Waals surface area contributed by atoms with Crippen LogP contribution in [-0.4, -0.2) is 97.5 Å². The number of hydrogen-bond donors (Lipinski definition) is 1. The Morgan fingerprint density at radius 1 is 0.780 bits per heavy atom. The van der Waals surface area contributed by atoms with Crippen LogP contribution < -0.4 is 0 Å². The molecule has 0 spiro atoms. The van der Waals surface area contributed by atoms with E-state index >= 15 is 4.79 Å². The molecule has 8 rings (SSSR count). The number of carboxylic acids is 1. The van der Waals surface area contributed by atoms with Gasteiger partial charge in [0.15, 0.2) is 0 Å². The second kappa shape index (κ2) is 15.4. The minimum atomic E-state index is -0.813. The zero-order valence-corrected chi connectivity index (χ0v) is 38.4. The molecule has 59 heavy (non-hydrogen) atoms. The largest absolute Gasteiger partial charge is 0.481 e. The number of nitrogens with zero attached hydrogens (tertiary/aromatic N) is 2. The third-order valence-corrected chi connectivity index (χ3v) is 20.5. The van der Waals surface area contributed by atoms with Crippen molar-refractivity contribution in [3.63, 3.8) is 0 Å². The maximum absolute atomic E-state index is 15.5. The van der Waals surface area contributed by atoms with Gasteiger partial charge >= 0.3 is 11.9 Å².